The maximum absolute atomic E-state index is 13.8. The molecule has 0 spiro atoms. The normalized spacial score (nSPS) is 10.0. The van der Waals surface area contributed by atoms with Crippen molar-refractivity contribution in [1.29, 1.82) is 5.26 Å². The van der Waals surface area contributed by atoms with E-state index in [4.69, 9.17) is 11.0 Å². The zero-order valence-electron chi connectivity index (χ0n) is 10.6. The Bertz CT molecular complexity index is 488. The number of rotatable bonds is 6. The summed E-state index contributed by atoms with van der Waals surface area (Å²) < 4.78 is 27.7. The number of benzene rings is 1. The Morgan fingerprint density at radius 2 is 2.00 bits per heavy atom. The van der Waals surface area contributed by atoms with E-state index < -0.39 is 17.5 Å². The predicted octanol–water partition coefficient (Wildman–Crippen LogP) is 1.93. The van der Waals surface area contributed by atoms with Gasteiger partial charge in [0.15, 0.2) is 11.6 Å². The fraction of sp³-hybridized carbons (Fsp3) is 0.385. The molecule has 0 aromatic heterocycles. The van der Waals surface area contributed by atoms with Gasteiger partial charge in [0.25, 0.3) is 0 Å². The number of hydrogen-bond acceptors (Lipinski definition) is 3. The molecule has 1 aromatic carbocycles. The lowest BCUT2D eigenvalue weighted by Crippen LogP contribution is -2.35. The SMILES string of the molecule is CCCCN(CC(N)=O)c1c(F)cc(C#N)cc1F. The fourth-order valence-corrected chi connectivity index (χ4v) is 1.74. The molecule has 6 heteroatoms. The van der Waals surface area contributed by atoms with E-state index in [9.17, 15) is 13.6 Å². The van der Waals surface area contributed by atoms with E-state index in [-0.39, 0.29) is 17.8 Å². The van der Waals surface area contributed by atoms with Crippen LogP contribution in [-0.2, 0) is 4.79 Å². The molecule has 1 aromatic rings. The number of halogens is 2. The zero-order valence-corrected chi connectivity index (χ0v) is 10.6. The smallest absolute Gasteiger partial charge is 0.236 e. The molecule has 19 heavy (non-hydrogen) atoms. The summed E-state index contributed by atoms with van der Waals surface area (Å²) in [6.45, 7) is 1.98. The monoisotopic (exact) mass is 267 g/mol. The van der Waals surface area contributed by atoms with Crippen LogP contribution in [0.5, 0.6) is 0 Å². The summed E-state index contributed by atoms with van der Waals surface area (Å²) in [7, 11) is 0. The van der Waals surface area contributed by atoms with E-state index in [2.05, 4.69) is 0 Å². The van der Waals surface area contributed by atoms with Crippen LogP contribution in [0, 0.1) is 23.0 Å². The second-order valence-corrected chi connectivity index (χ2v) is 4.14. The van der Waals surface area contributed by atoms with Crippen molar-refractivity contribution in [2.75, 3.05) is 18.0 Å². The highest BCUT2D eigenvalue weighted by Crippen LogP contribution is 2.25. The van der Waals surface area contributed by atoms with Gasteiger partial charge in [0.05, 0.1) is 18.2 Å². The summed E-state index contributed by atoms with van der Waals surface area (Å²) in [5.74, 6) is -2.40. The number of hydrogen-bond donors (Lipinski definition) is 1. The van der Waals surface area contributed by atoms with E-state index in [0.717, 1.165) is 18.6 Å². The first-order chi connectivity index (χ1) is 8.99. The number of nitrogens with two attached hydrogens (primary N) is 1. The maximum atomic E-state index is 13.8. The van der Waals surface area contributed by atoms with Gasteiger partial charge in [-0.15, -0.1) is 0 Å². The molecule has 0 atom stereocenters. The van der Waals surface area contributed by atoms with Gasteiger partial charge in [0.2, 0.25) is 5.91 Å². The number of carbonyl (C=O) groups excluding carboxylic acids is 1. The van der Waals surface area contributed by atoms with Crippen molar-refractivity contribution in [3.63, 3.8) is 0 Å². The van der Waals surface area contributed by atoms with Crippen LogP contribution in [0.25, 0.3) is 0 Å². The lowest BCUT2D eigenvalue weighted by molar-refractivity contribution is -0.116. The second-order valence-electron chi connectivity index (χ2n) is 4.14. The Morgan fingerprint density at radius 3 is 2.42 bits per heavy atom. The Hall–Kier alpha value is -2.16. The van der Waals surface area contributed by atoms with E-state index in [1.54, 1.807) is 6.07 Å². The van der Waals surface area contributed by atoms with E-state index in [0.29, 0.717) is 13.0 Å². The van der Waals surface area contributed by atoms with Crippen LogP contribution in [0.2, 0.25) is 0 Å². The van der Waals surface area contributed by atoms with Crippen molar-refractivity contribution >= 4 is 11.6 Å². The minimum Gasteiger partial charge on any atom is -0.368 e. The summed E-state index contributed by atoms with van der Waals surface area (Å²) >= 11 is 0. The molecule has 0 saturated heterocycles. The molecule has 0 fully saturated rings. The van der Waals surface area contributed by atoms with Crippen molar-refractivity contribution in [3.8, 4) is 6.07 Å². The van der Waals surface area contributed by atoms with Gasteiger partial charge in [-0.05, 0) is 18.6 Å². The quantitative estimate of drug-likeness (QED) is 0.856. The van der Waals surface area contributed by atoms with E-state index in [1.165, 1.54) is 4.90 Å². The number of unbranched alkanes of at least 4 members (excludes halogenated alkanes) is 1. The minimum atomic E-state index is -0.867. The summed E-state index contributed by atoms with van der Waals surface area (Å²) in [5.41, 5.74) is 4.66. The average molecular weight is 267 g/mol. The highest BCUT2D eigenvalue weighted by molar-refractivity contribution is 5.79. The van der Waals surface area contributed by atoms with Crippen molar-refractivity contribution in [2.24, 2.45) is 5.73 Å². The van der Waals surface area contributed by atoms with E-state index in [1.807, 2.05) is 6.92 Å². The Labute approximate surface area is 110 Å². The van der Waals surface area contributed by atoms with Gasteiger partial charge < -0.3 is 10.6 Å². The first-order valence-electron chi connectivity index (χ1n) is 5.92. The van der Waals surface area contributed by atoms with Crippen molar-refractivity contribution < 1.29 is 13.6 Å². The molecular weight excluding hydrogens is 252 g/mol. The molecular formula is C13H15F2N3O. The standard InChI is InChI=1S/C13H15F2N3O/c1-2-3-4-18(8-12(17)19)13-10(14)5-9(7-16)6-11(13)15/h5-6H,2-4,8H2,1H3,(H2,17,19). The third-order valence-corrected chi connectivity index (χ3v) is 2.59. The van der Waals surface area contributed by atoms with Crippen LogP contribution in [0.3, 0.4) is 0 Å². The number of primary amides is 1. The highest BCUT2D eigenvalue weighted by atomic mass is 19.1. The molecule has 1 rings (SSSR count). The molecule has 0 aliphatic heterocycles. The molecule has 0 saturated carbocycles. The molecule has 0 bridgehead atoms. The lowest BCUT2D eigenvalue weighted by atomic mass is 10.1. The summed E-state index contributed by atoms with van der Waals surface area (Å²) in [5, 5.41) is 8.63. The van der Waals surface area contributed by atoms with E-state index >= 15 is 0 Å². The van der Waals surface area contributed by atoms with Crippen LogP contribution >= 0.6 is 0 Å². The third-order valence-electron chi connectivity index (χ3n) is 2.59. The molecule has 1 amide bonds. The first kappa shape index (κ1) is 14.9. The van der Waals surface area contributed by atoms with Crippen LogP contribution in [-0.4, -0.2) is 19.0 Å². The van der Waals surface area contributed by atoms with Crippen LogP contribution in [0.15, 0.2) is 12.1 Å². The number of nitrogens with zero attached hydrogens (tertiary/aromatic N) is 2. The average Bonchev–Trinajstić information content (AvgIpc) is 2.33. The highest BCUT2D eigenvalue weighted by Gasteiger charge is 2.19. The summed E-state index contributed by atoms with van der Waals surface area (Å²) in [6, 6.07) is 3.55. The van der Waals surface area contributed by atoms with Gasteiger partial charge in [0, 0.05) is 6.54 Å². The Balaban J connectivity index is 3.14. The van der Waals surface area contributed by atoms with Crippen LogP contribution in [0.1, 0.15) is 25.3 Å². The summed E-state index contributed by atoms with van der Waals surface area (Å²) in [4.78, 5) is 12.2. The molecule has 102 valence electrons. The zero-order chi connectivity index (χ0) is 14.4. The maximum Gasteiger partial charge on any atom is 0.236 e. The van der Waals surface area contributed by atoms with Gasteiger partial charge in [-0.25, -0.2) is 8.78 Å². The second kappa shape index (κ2) is 6.69. The van der Waals surface area contributed by atoms with Gasteiger partial charge >= 0.3 is 0 Å². The number of anilines is 1. The van der Waals surface area contributed by atoms with Crippen LogP contribution < -0.4 is 10.6 Å². The Kier molecular flexibility index (Phi) is 5.24. The molecule has 2 N–H and O–H groups in total. The van der Waals surface area contributed by atoms with Gasteiger partial charge in [-0.1, -0.05) is 13.3 Å². The number of amides is 1. The van der Waals surface area contributed by atoms with Gasteiger partial charge in [0.1, 0.15) is 5.69 Å². The van der Waals surface area contributed by atoms with Crippen molar-refractivity contribution in [3.05, 3.63) is 29.3 Å². The lowest BCUT2D eigenvalue weighted by Gasteiger charge is -2.24. The fourth-order valence-electron chi connectivity index (χ4n) is 1.74. The number of nitriles is 1. The molecule has 0 heterocycles. The molecule has 0 radical (unpaired) electrons. The Morgan fingerprint density at radius 1 is 1.42 bits per heavy atom. The van der Waals surface area contributed by atoms with Crippen molar-refractivity contribution in [2.45, 2.75) is 19.8 Å². The van der Waals surface area contributed by atoms with Crippen molar-refractivity contribution in [1.82, 2.24) is 0 Å². The van der Waals surface area contributed by atoms with Gasteiger partial charge in [-0.2, -0.15) is 5.26 Å². The van der Waals surface area contributed by atoms with Crippen LogP contribution in [0.4, 0.5) is 14.5 Å². The minimum absolute atomic E-state index is 0.103. The molecule has 0 aliphatic rings. The largest absolute Gasteiger partial charge is 0.368 e. The van der Waals surface area contributed by atoms with Gasteiger partial charge in [-0.3, -0.25) is 4.79 Å². The predicted molar refractivity (Wildman–Crippen MR) is 67.4 cm³/mol. The first-order valence-corrected chi connectivity index (χ1v) is 5.92. The molecule has 0 unspecified atom stereocenters. The number of carbonyl (C=O) groups is 1. The summed E-state index contributed by atoms with van der Waals surface area (Å²) in [6.07, 6.45) is 1.49. The third kappa shape index (κ3) is 3.91. The molecule has 0 aliphatic carbocycles. The topological polar surface area (TPSA) is 70.1 Å². The molecule has 4 nitrogen and oxygen atoms in total.